The molecule has 4 heteroatoms. The third kappa shape index (κ3) is 0.881. The molecule has 0 radical (unpaired) electrons. The van der Waals surface area contributed by atoms with Crippen LogP contribution in [0.4, 0.5) is 0 Å². The summed E-state index contributed by atoms with van der Waals surface area (Å²) in [6.45, 7) is 2.48. The molecule has 4 nitrogen and oxygen atoms in total. The van der Waals surface area contributed by atoms with E-state index in [1.165, 1.54) is 0 Å². The number of rotatable bonds is 1. The van der Waals surface area contributed by atoms with E-state index in [2.05, 4.69) is 4.90 Å². The molecule has 68 valence electrons. The normalized spacial score (nSPS) is 41.6. The van der Waals surface area contributed by atoms with Gasteiger partial charge in [-0.25, -0.2) is 0 Å². The predicted molar refractivity (Wildman–Crippen MR) is 41.9 cm³/mol. The number of carboxylic acid groups (broad SMARTS) is 1. The molecule has 2 atom stereocenters. The fourth-order valence-corrected chi connectivity index (χ4v) is 2.29. The van der Waals surface area contributed by atoms with Crippen LogP contribution < -0.4 is 0 Å². The van der Waals surface area contributed by atoms with Gasteiger partial charge >= 0.3 is 5.97 Å². The van der Waals surface area contributed by atoms with Gasteiger partial charge in [0.15, 0.2) is 0 Å². The molecule has 0 aliphatic carbocycles. The predicted octanol–water partition coefficient (Wildman–Crippen LogP) is -0.351. The lowest BCUT2D eigenvalue weighted by Gasteiger charge is -2.20. The summed E-state index contributed by atoms with van der Waals surface area (Å²) in [5, 5.41) is 9.09. The molecule has 12 heavy (non-hydrogen) atoms. The summed E-state index contributed by atoms with van der Waals surface area (Å²) in [5.74, 6) is -0.505. The first-order valence-electron chi connectivity index (χ1n) is 4.15. The minimum atomic E-state index is -0.700. The molecule has 0 aromatic heterocycles. The van der Waals surface area contributed by atoms with E-state index in [4.69, 9.17) is 9.84 Å². The highest BCUT2D eigenvalue weighted by molar-refractivity contribution is 5.76. The Morgan fingerprint density at radius 3 is 3.08 bits per heavy atom. The molecule has 0 bridgehead atoms. The smallest absolute Gasteiger partial charge is 0.313 e. The molecule has 2 fully saturated rings. The van der Waals surface area contributed by atoms with Gasteiger partial charge in [0.25, 0.3) is 0 Å². The lowest BCUT2D eigenvalue weighted by atomic mass is 9.81. The maximum Gasteiger partial charge on any atom is 0.313 e. The van der Waals surface area contributed by atoms with E-state index in [9.17, 15) is 4.79 Å². The number of nitrogens with zero attached hydrogens (tertiary/aromatic N) is 1. The van der Waals surface area contributed by atoms with Crippen LogP contribution in [0.25, 0.3) is 0 Å². The van der Waals surface area contributed by atoms with Gasteiger partial charge in [0, 0.05) is 19.0 Å². The zero-order valence-corrected chi connectivity index (χ0v) is 7.12. The van der Waals surface area contributed by atoms with Gasteiger partial charge in [0.2, 0.25) is 0 Å². The molecule has 1 N–H and O–H groups in total. The van der Waals surface area contributed by atoms with E-state index in [-0.39, 0.29) is 5.92 Å². The lowest BCUT2D eigenvalue weighted by Crippen LogP contribution is -2.38. The van der Waals surface area contributed by atoms with Gasteiger partial charge in [-0.1, -0.05) is 0 Å². The lowest BCUT2D eigenvalue weighted by molar-refractivity contribution is -0.149. The van der Waals surface area contributed by atoms with Crippen molar-refractivity contribution in [3.05, 3.63) is 0 Å². The van der Waals surface area contributed by atoms with Crippen LogP contribution in [-0.4, -0.2) is 49.3 Å². The Balaban J connectivity index is 2.26. The Bertz CT molecular complexity index is 218. The molecule has 2 saturated heterocycles. The second kappa shape index (κ2) is 2.44. The van der Waals surface area contributed by atoms with Crippen LogP contribution in [0.5, 0.6) is 0 Å². The first kappa shape index (κ1) is 8.01. The fraction of sp³-hybridized carbons (Fsp3) is 0.875. The summed E-state index contributed by atoms with van der Waals surface area (Å²) < 4.78 is 5.22. The zero-order valence-electron chi connectivity index (χ0n) is 7.12. The van der Waals surface area contributed by atoms with Crippen molar-refractivity contribution in [2.24, 2.45) is 11.3 Å². The number of carboxylic acids is 1. The van der Waals surface area contributed by atoms with E-state index >= 15 is 0 Å². The number of fused-ring (bicyclic) bond motifs is 1. The Hall–Kier alpha value is -0.610. The van der Waals surface area contributed by atoms with Crippen molar-refractivity contribution in [2.45, 2.75) is 0 Å². The highest BCUT2D eigenvalue weighted by Gasteiger charge is 2.55. The summed E-state index contributed by atoms with van der Waals surface area (Å²) in [6.07, 6.45) is 0. The second-order valence-electron chi connectivity index (χ2n) is 3.87. The average molecular weight is 171 g/mol. The Kier molecular flexibility index (Phi) is 1.63. The van der Waals surface area contributed by atoms with Gasteiger partial charge in [-0.15, -0.1) is 0 Å². The number of ether oxygens (including phenoxy) is 1. The Labute approximate surface area is 71.1 Å². The quantitative estimate of drug-likeness (QED) is 0.586. The van der Waals surface area contributed by atoms with E-state index in [0.717, 1.165) is 6.54 Å². The Morgan fingerprint density at radius 1 is 1.75 bits per heavy atom. The molecule has 0 aromatic carbocycles. The standard InChI is InChI=1S/C8H13NO3/c1-9-2-6-3-12-5-8(6,4-9)7(10)11/h6H,2-5H2,1H3,(H,10,11)/t6-,8-/m1/s1. The maximum absolute atomic E-state index is 11.0. The summed E-state index contributed by atoms with van der Waals surface area (Å²) in [5.41, 5.74) is -0.602. The van der Waals surface area contributed by atoms with E-state index in [0.29, 0.717) is 19.8 Å². The van der Waals surface area contributed by atoms with Crippen LogP contribution in [0.15, 0.2) is 0 Å². The summed E-state index contributed by atoms with van der Waals surface area (Å²) in [6, 6.07) is 0. The van der Waals surface area contributed by atoms with Crippen molar-refractivity contribution in [2.75, 3.05) is 33.4 Å². The van der Waals surface area contributed by atoms with Gasteiger partial charge < -0.3 is 14.7 Å². The SMILES string of the molecule is CN1C[C@@H]2COC[C@]2(C(=O)O)C1. The third-order valence-electron chi connectivity index (χ3n) is 2.97. The molecule has 0 amide bonds. The monoisotopic (exact) mass is 171 g/mol. The summed E-state index contributed by atoms with van der Waals surface area (Å²) in [7, 11) is 1.96. The summed E-state index contributed by atoms with van der Waals surface area (Å²) in [4.78, 5) is 13.1. The van der Waals surface area contributed by atoms with Crippen molar-refractivity contribution in [3.63, 3.8) is 0 Å². The first-order chi connectivity index (χ1) is 5.65. The van der Waals surface area contributed by atoms with E-state index < -0.39 is 11.4 Å². The molecule has 2 aliphatic rings. The van der Waals surface area contributed by atoms with Gasteiger partial charge in [0.1, 0.15) is 5.41 Å². The fourth-order valence-electron chi connectivity index (χ4n) is 2.29. The molecular weight excluding hydrogens is 158 g/mol. The van der Waals surface area contributed by atoms with Crippen LogP contribution >= 0.6 is 0 Å². The average Bonchev–Trinajstić information content (AvgIpc) is 2.42. The zero-order chi connectivity index (χ0) is 8.77. The largest absolute Gasteiger partial charge is 0.481 e. The van der Waals surface area contributed by atoms with Crippen molar-refractivity contribution in [1.82, 2.24) is 4.90 Å². The van der Waals surface area contributed by atoms with Crippen LogP contribution in [-0.2, 0) is 9.53 Å². The number of likely N-dealkylation sites (tertiary alicyclic amines) is 1. The highest BCUT2D eigenvalue weighted by Crippen LogP contribution is 2.40. The molecule has 0 saturated carbocycles. The molecular formula is C8H13NO3. The molecule has 0 spiro atoms. The molecule has 0 unspecified atom stereocenters. The van der Waals surface area contributed by atoms with Crippen molar-refractivity contribution in [3.8, 4) is 0 Å². The van der Waals surface area contributed by atoms with E-state index in [1.807, 2.05) is 7.05 Å². The van der Waals surface area contributed by atoms with Gasteiger partial charge in [-0.3, -0.25) is 4.79 Å². The third-order valence-corrected chi connectivity index (χ3v) is 2.97. The Morgan fingerprint density at radius 2 is 2.50 bits per heavy atom. The minimum absolute atomic E-state index is 0.194. The minimum Gasteiger partial charge on any atom is -0.481 e. The number of hydrogen-bond donors (Lipinski definition) is 1. The number of aliphatic carboxylic acids is 1. The molecule has 2 rings (SSSR count). The molecule has 2 aliphatic heterocycles. The van der Waals surface area contributed by atoms with Crippen molar-refractivity contribution in [1.29, 1.82) is 0 Å². The van der Waals surface area contributed by atoms with Crippen LogP contribution in [0.3, 0.4) is 0 Å². The maximum atomic E-state index is 11.0. The van der Waals surface area contributed by atoms with Crippen LogP contribution in [0, 0.1) is 11.3 Å². The van der Waals surface area contributed by atoms with Crippen LogP contribution in [0.1, 0.15) is 0 Å². The molecule has 0 aromatic rings. The number of carbonyl (C=O) groups is 1. The summed E-state index contributed by atoms with van der Waals surface area (Å²) >= 11 is 0. The highest BCUT2D eigenvalue weighted by atomic mass is 16.5. The van der Waals surface area contributed by atoms with Crippen LogP contribution in [0.2, 0.25) is 0 Å². The van der Waals surface area contributed by atoms with Gasteiger partial charge in [0.05, 0.1) is 13.2 Å². The number of hydrogen-bond acceptors (Lipinski definition) is 3. The van der Waals surface area contributed by atoms with Crippen molar-refractivity contribution < 1.29 is 14.6 Å². The van der Waals surface area contributed by atoms with E-state index in [1.54, 1.807) is 0 Å². The topological polar surface area (TPSA) is 49.8 Å². The molecule has 2 heterocycles. The first-order valence-corrected chi connectivity index (χ1v) is 4.15. The van der Waals surface area contributed by atoms with Gasteiger partial charge in [-0.2, -0.15) is 0 Å². The second-order valence-corrected chi connectivity index (χ2v) is 3.87. The van der Waals surface area contributed by atoms with Gasteiger partial charge in [-0.05, 0) is 7.05 Å². The van der Waals surface area contributed by atoms with Crippen molar-refractivity contribution >= 4 is 5.97 Å².